The van der Waals surface area contributed by atoms with Crippen LogP contribution < -0.4 is 0 Å². The molecular formula is C14H10F5NO. The molecular weight excluding hydrogens is 293 g/mol. The highest BCUT2D eigenvalue weighted by Gasteiger charge is 2.30. The average Bonchev–Trinajstić information content (AvgIpc) is 2.36. The number of aromatic nitrogens is 1. The van der Waals surface area contributed by atoms with E-state index in [1.807, 2.05) is 0 Å². The van der Waals surface area contributed by atoms with Gasteiger partial charge < -0.3 is 5.11 Å². The van der Waals surface area contributed by atoms with Crippen LogP contribution in [0.25, 0.3) is 0 Å². The van der Waals surface area contributed by atoms with E-state index < -0.39 is 29.5 Å². The lowest BCUT2D eigenvalue weighted by atomic mass is 10.0. The maximum Gasteiger partial charge on any atom is 0.417 e. The third-order valence-corrected chi connectivity index (χ3v) is 2.81. The molecule has 1 aromatic heterocycles. The summed E-state index contributed by atoms with van der Waals surface area (Å²) in [6.45, 7) is 0. The quantitative estimate of drug-likeness (QED) is 0.878. The topological polar surface area (TPSA) is 33.1 Å². The molecule has 7 heteroatoms. The number of benzene rings is 1. The van der Waals surface area contributed by atoms with E-state index in [0.29, 0.717) is 12.3 Å². The summed E-state index contributed by atoms with van der Waals surface area (Å²) in [4.78, 5) is 3.53. The van der Waals surface area contributed by atoms with Gasteiger partial charge in [-0.3, -0.25) is 4.98 Å². The lowest BCUT2D eigenvalue weighted by Gasteiger charge is -2.12. The Morgan fingerprint density at radius 2 is 1.67 bits per heavy atom. The van der Waals surface area contributed by atoms with Gasteiger partial charge in [-0.15, -0.1) is 0 Å². The number of alkyl halides is 3. The van der Waals surface area contributed by atoms with Crippen LogP contribution >= 0.6 is 0 Å². The second-order valence-electron chi connectivity index (χ2n) is 4.47. The van der Waals surface area contributed by atoms with Crippen LogP contribution in [0.1, 0.15) is 22.9 Å². The number of nitrogens with zero attached hydrogens (tertiary/aromatic N) is 1. The van der Waals surface area contributed by atoms with Gasteiger partial charge in [0, 0.05) is 18.7 Å². The molecule has 0 aliphatic carbocycles. The molecule has 1 heterocycles. The van der Waals surface area contributed by atoms with Crippen LogP contribution in [-0.2, 0) is 12.6 Å². The van der Waals surface area contributed by atoms with Crippen LogP contribution in [-0.4, -0.2) is 10.1 Å². The van der Waals surface area contributed by atoms with Crippen molar-refractivity contribution in [2.75, 3.05) is 0 Å². The standard InChI is InChI=1S/C14H10F5NO/c15-10-3-8(4-11(16)6-10)5-13(21)12-2-1-9(7-20-12)14(17,18)19/h1-4,6-7,13,21H,5H2. The van der Waals surface area contributed by atoms with Gasteiger partial charge in [0.25, 0.3) is 0 Å². The molecule has 2 rings (SSSR count). The van der Waals surface area contributed by atoms with E-state index in [4.69, 9.17) is 0 Å². The number of rotatable bonds is 3. The van der Waals surface area contributed by atoms with Gasteiger partial charge in [-0.2, -0.15) is 13.2 Å². The molecule has 21 heavy (non-hydrogen) atoms. The number of pyridine rings is 1. The molecule has 0 fully saturated rings. The Morgan fingerprint density at radius 1 is 1.05 bits per heavy atom. The summed E-state index contributed by atoms with van der Waals surface area (Å²) in [5, 5.41) is 9.86. The molecule has 0 bridgehead atoms. The van der Waals surface area contributed by atoms with Crippen LogP contribution in [0.4, 0.5) is 22.0 Å². The third-order valence-electron chi connectivity index (χ3n) is 2.81. The monoisotopic (exact) mass is 303 g/mol. The largest absolute Gasteiger partial charge is 0.417 e. The Kier molecular flexibility index (Phi) is 4.22. The molecule has 1 N–H and O–H groups in total. The third kappa shape index (κ3) is 3.98. The lowest BCUT2D eigenvalue weighted by Crippen LogP contribution is -2.09. The molecule has 2 nitrogen and oxygen atoms in total. The molecule has 112 valence electrons. The zero-order valence-electron chi connectivity index (χ0n) is 10.5. The number of aliphatic hydroxyl groups excluding tert-OH is 1. The van der Waals surface area contributed by atoms with Crippen molar-refractivity contribution in [3.8, 4) is 0 Å². The average molecular weight is 303 g/mol. The van der Waals surface area contributed by atoms with E-state index in [2.05, 4.69) is 4.98 Å². The number of aliphatic hydroxyl groups is 1. The van der Waals surface area contributed by atoms with Gasteiger partial charge in [-0.05, 0) is 29.8 Å². The van der Waals surface area contributed by atoms with Gasteiger partial charge in [-0.1, -0.05) is 0 Å². The van der Waals surface area contributed by atoms with Crippen molar-refractivity contribution in [3.63, 3.8) is 0 Å². The Labute approximate surface area is 116 Å². The van der Waals surface area contributed by atoms with Crippen molar-refractivity contribution in [2.24, 2.45) is 0 Å². The van der Waals surface area contributed by atoms with Crippen molar-refractivity contribution < 1.29 is 27.1 Å². The first kappa shape index (κ1) is 15.4. The first-order valence-corrected chi connectivity index (χ1v) is 5.92. The Hall–Kier alpha value is -2.02. The summed E-state index contributed by atoms with van der Waals surface area (Å²) >= 11 is 0. The predicted molar refractivity (Wildman–Crippen MR) is 64.3 cm³/mol. The number of hydrogen-bond acceptors (Lipinski definition) is 2. The van der Waals surface area contributed by atoms with E-state index in [0.717, 1.165) is 24.3 Å². The summed E-state index contributed by atoms with van der Waals surface area (Å²) in [5.41, 5.74) is -0.760. The zero-order chi connectivity index (χ0) is 15.6. The van der Waals surface area contributed by atoms with Crippen molar-refractivity contribution in [1.29, 1.82) is 0 Å². The zero-order valence-corrected chi connectivity index (χ0v) is 10.5. The van der Waals surface area contributed by atoms with Gasteiger partial charge in [-0.25, -0.2) is 8.78 Å². The minimum atomic E-state index is -4.51. The van der Waals surface area contributed by atoms with E-state index in [1.54, 1.807) is 0 Å². The predicted octanol–water partition coefficient (Wildman–Crippen LogP) is 3.65. The Morgan fingerprint density at radius 3 is 2.14 bits per heavy atom. The van der Waals surface area contributed by atoms with Gasteiger partial charge in [0.1, 0.15) is 11.6 Å². The Bertz CT molecular complexity index is 604. The van der Waals surface area contributed by atoms with Crippen LogP contribution in [0.3, 0.4) is 0 Å². The molecule has 0 spiro atoms. The molecule has 0 radical (unpaired) electrons. The molecule has 0 amide bonds. The van der Waals surface area contributed by atoms with Crippen molar-refractivity contribution in [1.82, 2.24) is 4.98 Å². The highest BCUT2D eigenvalue weighted by Crippen LogP contribution is 2.29. The molecule has 1 atom stereocenters. The van der Waals surface area contributed by atoms with Crippen molar-refractivity contribution in [2.45, 2.75) is 18.7 Å². The van der Waals surface area contributed by atoms with E-state index >= 15 is 0 Å². The van der Waals surface area contributed by atoms with Crippen molar-refractivity contribution >= 4 is 0 Å². The summed E-state index contributed by atoms with van der Waals surface area (Å²) in [6, 6.07) is 4.58. The molecule has 0 aliphatic rings. The maximum absolute atomic E-state index is 13.0. The number of halogens is 5. The Balaban J connectivity index is 2.15. The summed E-state index contributed by atoms with van der Waals surface area (Å²) < 4.78 is 63.1. The first-order valence-electron chi connectivity index (χ1n) is 5.92. The second-order valence-corrected chi connectivity index (χ2v) is 4.47. The first-order chi connectivity index (χ1) is 9.75. The minimum Gasteiger partial charge on any atom is -0.386 e. The molecule has 0 saturated heterocycles. The fourth-order valence-corrected chi connectivity index (χ4v) is 1.83. The lowest BCUT2D eigenvalue weighted by molar-refractivity contribution is -0.137. The van der Waals surface area contributed by atoms with Crippen LogP contribution in [0.2, 0.25) is 0 Å². The van der Waals surface area contributed by atoms with E-state index in [1.165, 1.54) is 0 Å². The highest BCUT2D eigenvalue weighted by molar-refractivity contribution is 5.22. The second kappa shape index (κ2) is 5.77. The van der Waals surface area contributed by atoms with Crippen molar-refractivity contribution in [3.05, 3.63) is 65.0 Å². The molecule has 0 saturated carbocycles. The van der Waals surface area contributed by atoms with Crippen LogP contribution in [0.15, 0.2) is 36.5 Å². The molecule has 1 aromatic carbocycles. The molecule has 1 unspecified atom stereocenters. The molecule has 2 aromatic rings. The minimum absolute atomic E-state index is 0.00679. The van der Waals surface area contributed by atoms with Gasteiger partial charge in [0.05, 0.1) is 17.4 Å². The van der Waals surface area contributed by atoms with Crippen LogP contribution in [0.5, 0.6) is 0 Å². The van der Waals surface area contributed by atoms with Gasteiger partial charge in [0.15, 0.2) is 0 Å². The smallest absolute Gasteiger partial charge is 0.386 e. The fraction of sp³-hybridized carbons (Fsp3) is 0.214. The van der Waals surface area contributed by atoms with Crippen LogP contribution in [0, 0.1) is 11.6 Å². The summed E-state index contributed by atoms with van der Waals surface area (Å²) in [6.07, 6.45) is -5.33. The van der Waals surface area contributed by atoms with E-state index in [-0.39, 0.29) is 17.7 Å². The van der Waals surface area contributed by atoms with Gasteiger partial charge in [0.2, 0.25) is 0 Å². The molecule has 0 aliphatic heterocycles. The fourth-order valence-electron chi connectivity index (χ4n) is 1.83. The maximum atomic E-state index is 13.0. The summed E-state index contributed by atoms with van der Waals surface area (Å²) in [7, 11) is 0. The highest BCUT2D eigenvalue weighted by atomic mass is 19.4. The normalized spacial score (nSPS) is 13.2. The van der Waals surface area contributed by atoms with Gasteiger partial charge >= 0.3 is 6.18 Å². The SMILES string of the molecule is OC(Cc1cc(F)cc(F)c1)c1ccc(C(F)(F)F)cn1. The van der Waals surface area contributed by atoms with E-state index in [9.17, 15) is 27.1 Å². The summed E-state index contributed by atoms with van der Waals surface area (Å²) in [5.74, 6) is -1.59. The number of hydrogen-bond donors (Lipinski definition) is 1.